The molecule has 1 rings (SSSR count). The van der Waals surface area contributed by atoms with E-state index in [4.69, 9.17) is 4.74 Å². The van der Waals surface area contributed by atoms with Gasteiger partial charge in [0.05, 0.1) is 12.8 Å². The molecule has 0 atom stereocenters. The van der Waals surface area contributed by atoms with Gasteiger partial charge < -0.3 is 4.74 Å². The van der Waals surface area contributed by atoms with Crippen LogP contribution in [-0.4, -0.2) is 13.2 Å². The molecule has 0 radical (unpaired) electrons. The lowest BCUT2D eigenvalue weighted by molar-refractivity contribution is 0.411. The first-order chi connectivity index (χ1) is 7.67. The molecule has 0 aliphatic rings. The Bertz CT molecular complexity index is 439. The predicted octanol–water partition coefficient (Wildman–Crippen LogP) is 3.17. The van der Waals surface area contributed by atoms with E-state index in [9.17, 15) is 4.79 Å². The Labute approximate surface area is 95.5 Å². The highest BCUT2D eigenvalue weighted by Gasteiger charge is 2.02. The van der Waals surface area contributed by atoms with E-state index in [1.54, 1.807) is 13.2 Å². The van der Waals surface area contributed by atoms with Crippen LogP contribution in [0.5, 0.6) is 5.75 Å². The summed E-state index contributed by atoms with van der Waals surface area (Å²) >= 11 is 0. The van der Waals surface area contributed by atoms with Crippen molar-refractivity contribution in [2.24, 2.45) is 4.99 Å². The zero-order valence-corrected chi connectivity index (χ0v) is 9.78. The predicted molar refractivity (Wildman–Crippen MR) is 63.9 cm³/mol. The number of hydrogen-bond acceptors (Lipinski definition) is 3. The summed E-state index contributed by atoms with van der Waals surface area (Å²) in [4.78, 5) is 13.8. The number of isocyanates is 1. The Kier molecular flexibility index (Phi) is 4.49. The molecular weight excluding hydrogens is 202 g/mol. The second-order valence-corrected chi connectivity index (χ2v) is 3.68. The van der Waals surface area contributed by atoms with E-state index in [0.29, 0.717) is 5.69 Å². The molecule has 0 saturated heterocycles. The molecule has 3 heteroatoms. The molecular formula is C13H15NO2. The third-order valence-corrected chi connectivity index (χ3v) is 2.17. The van der Waals surface area contributed by atoms with Crippen molar-refractivity contribution in [3.63, 3.8) is 0 Å². The number of methoxy groups -OCH3 is 1. The van der Waals surface area contributed by atoms with Crippen LogP contribution in [0.25, 0.3) is 0 Å². The van der Waals surface area contributed by atoms with Gasteiger partial charge in [-0.05, 0) is 38.5 Å². The molecule has 0 spiro atoms. The molecule has 0 amide bonds. The van der Waals surface area contributed by atoms with Crippen LogP contribution in [0.2, 0.25) is 0 Å². The molecule has 0 aliphatic carbocycles. The van der Waals surface area contributed by atoms with Gasteiger partial charge in [0.15, 0.2) is 0 Å². The Balaban J connectivity index is 3.06. The zero-order valence-electron chi connectivity index (χ0n) is 9.78. The minimum Gasteiger partial charge on any atom is -0.496 e. The second-order valence-electron chi connectivity index (χ2n) is 3.68. The molecule has 0 bridgehead atoms. The van der Waals surface area contributed by atoms with Crippen LogP contribution < -0.4 is 4.74 Å². The van der Waals surface area contributed by atoms with Crippen LogP contribution in [0.15, 0.2) is 34.8 Å². The van der Waals surface area contributed by atoms with Crippen molar-refractivity contribution in [1.82, 2.24) is 0 Å². The van der Waals surface area contributed by atoms with Gasteiger partial charge in [0.2, 0.25) is 6.08 Å². The zero-order chi connectivity index (χ0) is 12.0. The molecule has 0 fully saturated rings. The van der Waals surface area contributed by atoms with Crippen molar-refractivity contribution in [1.29, 1.82) is 0 Å². The molecule has 0 unspecified atom stereocenters. The van der Waals surface area contributed by atoms with Gasteiger partial charge in [-0.3, -0.25) is 0 Å². The summed E-state index contributed by atoms with van der Waals surface area (Å²) in [7, 11) is 1.63. The fourth-order valence-electron chi connectivity index (χ4n) is 1.36. The van der Waals surface area contributed by atoms with E-state index in [2.05, 4.69) is 11.1 Å². The van der Waals surface area contributed by atoms with Gasteiger partial charge in [0.25, 0.3) is 0 Å². The topological polar surface area (TPSA) is 38.7 Å². The quantitative estimate of drug-likeness (QED) is 0.441. The number of nitrogens with zero attached hydrogens (tertiary/aromatic N) is 1. The maximum atomic E-state index is 10.2. The second kappa shape index (κ2) is 5.89. The van der Waals surface area contributed by atoms with Crippen molar-refractivity contribution in [2.45, 2.75) is 20.3 Å². The van der Waals surface area contributed by atoms with E-state index in [1.165, 1.54) is 11.7 Å². The van der Waals surface area contributed by atoms with Crippen molar-refractivity contribution >= 4 is 11.8 Å². The molecule has 1 aromatic rings. The minimum absolute atomic E-state index is 0.605. The van der Waals surface area contributed by atoms with Gasteiger partial charge in [-0.25, -0.2) is 4.79 Å². The molecule has 1 aromatic carbocycles. The highest BCUT2D eigenvalue weighted by atomic mass is 16.5. The number of aliphatic imine (C=N–C) groups is 1. The number of carbonyl (C=O) groups excluding carboxylic acids is 1. The lowest BCUT2D eigenvalue weighted by Gasteiger charge is -2.07. The van der Waals surface area contributed by atoms with Crippen LogP contribution in [0, 0.1) is 0 Å². The van der Waals surface area contributed by atoms with Gasteiger partial charge in [0.1, 0.15) is 5.75 Å². The Morgan fingerprint density at radius 1 is 1.50 bits per heavy atom. The molecule has 84 valence electrons. The number of benzene rings is 1. The van der Waals surface area contributed by atoms with Crippen molar-refractivity contribution in [3.05, 3.63) is 35.4 Å². The monoisotopic (exact) mass is 217 g/mol. The number of hydrogen-bond donors (Lipinski definition) is 0. The van der Waals surface area contributed by atoms with Crippen molar-refractivity contribution in [3.8, 4) is 5.75 Å². The Morgan fingerprint density at radius 3 is 2.81 bits per heavy atom. The summed E-state index contributed by atoms with van der Waals surface area (Å²) in [5.41, 5.74) is 2.86. The van der Waals surface area contributed by atoms with Crippen LogP contribution in [0.4, 0.5) is 5.69 Å². The lowest BCUT2D eigenvalue weighted by Crippen LogP contribution is -1.90. The average molecular weight is 217 g/mol. The van der Waals surface area contributed by atoms with E-state index < -0.39 is 0 Å². The summed E-state index contributed by atoms with van der Waals surface area (Å²) in [6.07, 6.45) is 4.41. The van der Waals surface area contributed by atoms with Gasteiger partial charge >= 0.3 is 0 Å². The third kappa shape index (κ3) is 3.37. The van der Waals surface area contributed by atoms with Gasteiger partial charge in [-0.1, -0.05) is 11.6 Å². The summed E-state index contributed by atoms with van der Waals surface area (Å²) in [5.74, 6) is 0.808. The molecule has 0 N–H and O–H groups in total. The molecule has 0 heterocycles. The third-order valence-electron chi connectivity index (χ3n) is 2.17. The highest BCUT2D eigenvalue weighted by Crippen LogP contribution is 2.25. The molecule has 0 aromatic heterocycles. The maximum Gasteiger partial charge on any atom is 0.240 e. The average Bonchev–Trinajstić information content (AvgIpc) is 2.27. The van der Waals surface area contributed by atoms with E-state index in [-0.39, 0.29) is 0 Å². The van der Waals surface area contributed by atoms with Crippen LogP contribution >= 0.6 is 0 Å². The van der Waals surface area contributed by atoms with Gasteiger partial charge in [0, 0.05) is 5.56 Å². The van der Waals surface area contributed by atoms with Gasteiger partial charge in [-0.2, -0.15) is 4.99 Å². The first kappa shape index (κ1) is 12.2. The van der Waals surface area contributed by atoms with E-state index >= 15 is 0 Å². The Morgan fingerprint density at radius 2 is 2.25 bits per heavy atom. The summed E-state index contributed by atoms with van der Waals surface area (Å²) in [6.45, 7) is 4.08. The highest BCUT2D eigenvalue weighted by molar-refractivity contribution is 5.53. The largest absolute Gasteiger partial charge is 0.496 e. The number of ether oxygens (including phenoxy) is 1. The molecule has 0 aliphatic heterocycles. The summed E-state index contributed by atoms with van der Waals surface area (Å²) in [6, 6.07) is 5.38. The number of allylic oxidation sites excluding steroid dienone is 2. The van der Waals surface area contributed by atoms with Crippen LogP contribution in [-0.2, 0) is 11.2 Å². The van der Waals surface area contributed by atoms with Crippen molar-refractivity contribution < 1.29 is 9.53 Å². The molecule has 16 heavy (non-hydrogen) atoms. The first-order valence-corrected chi connectivity index (χ1v) is 5.05. The Hall–Kier alpha value is -1.86. The van der Waals surface area contributed by atoms with Crippen LogP contribution in [0.3, 0.4) is 0 Å². The molecule has 0 saturated carbocycles. The van der Waals surface area contributed by atoms with Gasteiger partial charge in [-0.15, -0.1) is 0 Å². The van der Waals surface area contributed by atoms with Crippen molar-refractivity contribution in [2.75, 3.05) is 7.11 Å². The fraction of sp³-hybridized carbons (Fsp3) is 0.308. The number of rotatable bonds is 4. The van der Waals surface area contributed by atoms with Crippen LogP contribution in [0.1, 0.15) is 19.4 Å². The first-order valence-electron chi connectivity index (χ1n) is 5.05. The van der Waals surface area contributed by atoms with E-state index in [1.807, 2.05) is 26.0 Å². The van der Waals surface area contributed by atoms with E-state index in [0.717, 1.165) is 17.7 Å². The SMILES string of the molecule is COc1ccc(N=C=O)cc1CC=C(C)C. The smallest absolute Gasteiger partial charge is 0.240 e. The summed E-state index contributed by atoms with van der Waals surface area (Å²) in [5, 5.41) is 0. The summed E-state index contributed by atoms with van der Waals surface area (Å²) < 4.78 is 5.24. The fourth-order valence-corrected chi connectivity index (χ4v) is 1.36. The lowest BCUT2D eigenvalue weighted by atomic mass is 10.1. The standard InChI is InChI=1S/C13H15NO2/c1-10(2)4-5-11-8-12(14-9-15)6-7-13(11)16-3/h4,6-8H,5H2,1-3H3. The molecule has 3 nitrogen and oxygen atoms in total. The maximum absolute atomic E-state index is 10.2. The normalized spacial score (nSPS) is 9.19. The minimum atomic E-state index is 0.605.